The average molecular weight is 244 g/mol. The molecule has 1 aliphatic heterocycles. The molecule has 0 aliphatic carbocycles. The zero-order chi connectivity index (χ0) is 12.4. The molecule has 1 N–H and O–H groups in total. The second-order valence-electron chi connectivity index (χ2n) is 4.40. The second-order valence-corrected chi connectivity index (χ2v) is 4.40. The third-order valence-electron chi connectivity index (χ3n) is 3.03. The van der Waals surface area contributed by atoms with E-state index >= 15 is 0 Å². The standard InChI is InChI=1S/C13H16N4O/c1-10-8-15-17(16-10)12-5-3-2-4-11(12)13-9-14-6-7-18-13/h2-5,8,13-14H,6-7,9H2,1H3. The summed E-state index contributed by atoms with van der Waals surface area (Å²) in [6.07, 6.45) is 1.83. The highest BCUT2D eigenvalue weighted by Gasteiger charge is 2.19. The highest BCUT2D eigenvalue weighted by atomic mass is 16.5. The molecule has 1 saturated heterocycles. The van der Waals surface area contributed by atoms with Crippen molar-refractivity contribution in [2.75, 3.05) is 19.7 Å². The molecule has 0 radical (unpaired) electrons. The predicted octanol–water partition coefficient (Wildman–Crippen LogP) is 1.24. The summed E-state index contributed by atoms with van der Waals surface area (Å²) in [6, 6.07) is 8.11. The van der Waals surface area contributed by atoms with E-state index in [-0.39, 0.29) is 6.10 Å². The molecule has 5 nitrogen and oxygen atoms in total. The summed E-state index contributed by atoms with van der Waals surface area (Å²) in [5.74, 6) is 0. The zero-order valence-corrected chi connectivity index (χ0v) is 10.3. The van der Waals surface area contributed by atoms with Crippen molar-refractivity contribution in [3.8, 4) is 5.69 Å². The van der Waals surface area contributed by atoms with Crippen LogP contribution < -0.4 is 5.32 Å². The van der Waals surface area contributed by atoms with E-state index in [0.717, 1.165) is 36.6 Å². The molecule has 94 valence electrons. The van der Waals surface area contributed by atoms with Crippen LogP contribution in [0.15, 0.2) is 30.5 Å². The first-order valence-electron chi connectivity index (χ1n) is 6.15. The minimum absolute atomic E-state index is 0.0706. The Morgan fingerprint density at radius 3 is 3.00 bits per heavy atom. The lowest BCUT2D eigenvalue weighted by atomic mass is 10.1. The first kappa shape index (κ1) is 11.4. The molecule has 3 rings (SSSR count). The van der Waals surface area contributed by atoms with Crippen LogP contribution in [0, 0.1) is 6.92 Å². The lowest BCUT2D eigenvalue weighted by Gasteiger charge is -2.25. The van der Waals surface area contributed by atoms with Crippen LogP contribution in [-0.2, 0) is 4.74 Å². The van der Waals surface area contributed by atoms with Crippen molar-refractivity contribution in [3.05, 3.63) is 41.7 Å². The van der Waals surface area contributed by atoms with E-state index in [2.05, 4.69) is 21.6 Å². The van der Waals surface area contributed by atoms with E-state index < -0.39 is 0 Å². The minimum atomic E-state index is 0.0706. The lowest BCUT2D eigenvalue weighted by molar-refractivity contribution is 0.0275. The van der Waals surface area contributed by atoms with Gasteiger partial charge in [-0.15, -0.1) is 0 Å². The third kappa shape index (κ3) is 2.14. The second kappa shape index (κ2) is 4.88. The maximum absolute atomic E-state index is 5.80. The van der Waals surface area contributed by atoms with E-state index in [1.807, 2.05) is 25.1 Å². The molecule has 2 heterocycles. The molecule has 1 unspecified atom stereocenters. The Bertz CT molecular complexity index is 531. The van der Waals surface area contributed by atoms with Crippen LogP contribution in [0.4, 0.5) is 0 Å². The fourth-order valence-electron chi connectivity index (χ4n) is 2.16. The quantitative estimate of drug-likeness (QED) is 0.863. The van der Waals surface area contributed by atoms with Crippen molar-refractivity contribution < 1.29 is 4.74 Å². The van der Waals surface area contributed by atoms with Crippen molar-refractivity contribution in [2.24, 2.45) is 0 Å². The summed E-state index contributed by atoms with van der Waals surface area (Å²) in [7, 11) is 0. The van der Waals surface area contributed by atoms with Gasteiger partial charge in [-0.2, -0.15) is 15.0 Å². The summed E-state index contributed by atoms with van der Waals surface area (Å²) in [4.78, 5) is 1.67. The first-order chi connectivity index (χ1) is 8.84. The van der Waals surface area contributed by atoms with Crippen LogP contribution in [0.2, 0.25) is 0 Å². The molecule has 1 aromatic carbocycles. The Morgan fingerprint density at radius 2 is 2.28 bits per heavy atom. The van der Waals surface area contributed by atoms with Gasteiger partial charge in [0.1, 0.15) is 0 Å². The lowest BCUT2D eigenvalue weighted by Crippen LogP contribution is -2.33. The SMILES string of the molecule is Cc1cnn(-c2ccccc2C2CNCCO2)n1. The van der Waals surface area contributed by atoms with E-state index in [9.17, 15) is 0 Å². The molecule has 1 aromatic heterocycles. The molecule has 1 aliphatic rings. The van der Waals surface area contributed by atoms with Gasteiger partial charge in [-0.1, -0.05) is 18.2 Å². The third-order valence-corrected chi connectivity index (χ3v) is 3.03. The number of benzene rings is 1. The topological polar surface area (TPSA) is 52.0 Å². The van der Waals surface area contributed by atoms with Gasteiger partial charge in [0.25, 0.3) is 0 Å². The van der Waals surface area contributed by atoms with Crippen molar-refractivity contribution in [1.82, 2.24) is 20.3 Å². The van der Waals surface area contributed by atoms with Gasteiger partial charge in [0.2, 0.25) is 0 Å². The first-order valence-corrected chi connectivity index (χ1v) is 6.15. The number of hydrogen-bond acceptors (Lipinski definition) is 4. The number of aryl methyl sites for hydroxylation is 1. The van der Waals surface area contributed by atoms with E-state index in [1.54, 1.807) is 11.0 Å². The summed E-state index contributed by atoms with van der Waals surface area (Å²) in [5, 5.41) is 12.0. The molecule has 1 atom stereocenters. The minimum Gasteiger partial charge on any atom is -0.371 e. The number of nitrogens with one attached hydrogen (secondary N) is 1. The fourth-order valence-corrected chi connectivity index (χ4v) is 2.16. The number of morpholine rings is 1. The van der Waals surface area contributed by atoms with Crippen LogP contribution in [-0.4, -0.2) is 34.7 Å². The molecule has 5 heteroatoms. The highest BCUT2D eigenvalue weighted by Crippen LogP contribution is 2.24. The Labute approximate surface area is 106 Å². The molecule has 0 spiro atoms. The molecular formula is C13H16N4O. The zero-order valence-electron chi connectivity index (χ0n) is 10.3. The van der Waals surface area contributed by atoms with Crippen molar-refractivity contribution in [3.63, 3.8) is 0 Å². The monoisotopic (exact) mass is 244 g/mol. The molecule has 18 heavy (non-hydrogen) atoms. The van der Waals surface area contributed by atoms with Crippen LogP contribution in [0.5, 0.6) is 0 Å². The van der Waals surface area contributed by atoms with E-state index in [1.165, 1.54) is 0 Å². The predicted molar refractivity (Wildman–Crippen MR) is 67.7 cm³/mol. The normalized spacial score (nSPS) is 19.9. The Hall–Kier alpha value is -1.72. The van der Waals surface area contributed by atoms with Gasteiger partial charge in [-0.25, -0.2) is 0 Å². The summed E-state index contributed by atoms with van der Waals surface area (Å²) < 4.78 is 5.80. The number of nitrogens with zero attached hydrogens (tertiary/aromatic N) is 3. The summed E-state index contributed by atoms with van der Waals surface area (Å²) in [6.45, 7) is 4.42. The van der Waals surface area contributed by atoms with Crippen LogP contribution in [0.1, 0.15) is 17.4 Å². The van der Waals surface area contributed by atoms with Crippen molar-refractivity contribution in [1.29, 1.82) is 0 Å². The van der Waals surface area contributed by atoms with Crippen molar-refractivity contribution >= 4 is 0 Å². The van der Waals surface area contributed by atoms with Gasteiger partial charge in [0, 0.05) is 18.7 Å². The van der Waals surface area contributed by atoms with E-state index in [4.69, 9.17) is 4.74 Å². The number of ether oxygens (including phenoxy) is 1. The molecule has 0 amide bonds. The maximum atomic E-state index is 5.80. The fraction of sp³-hybridized carbons (Fsp3) is 0.385. The largest absolute Gasteiger partial charge is 0.371 e. The van der Waals surface area contributed by atoms with Gasteiger partial charge in [-0.3, -0.25) is 0 Å². The Kier molecular flexibility index (Phi) is 3.08. The highest BCUT2D eigenvalue weighted by molar-refractivity contribution is 5.41. The molecule has 1 fully saturated rings. The molecular weight excluding hydrogens is 228 g/mol. The molecule has 2 aromatic rings. The molecule has 0 bridgehead atoms. The Balaban J connectivity index is 1.99. The molecule has 0 saturated carbocycles. The Morgan fingerprint density at radius 1 is 1.39 bits per heavy atom. The number of hydrogen-bond donors (Lipinski definition) is 1. The van der Waals surface area contributed by atoms with Gasteiger partial charge in [0.15, 0.2) is 0 Å². The van der Waals surface area contributed by atoms with Crippen LogP contribution in [0.3, 0.4) is 0 Å². The average Bonchev–Trinajstić information content (AvgIpc) is 2.86. The van der Waals surface area contributed by atoms with Crippen molar-refractivity contribution in [2.45, 2.75) is 13.0 Å². The van der Waals surface area contributed by atoms with Gasteiger partial charge in [-0.05, 0) is 13.0 Å². The van der Waals surface area contributed by atoms with Gasteiger partial charge in [0.05, 0.1) is 30.3 Å². The summed E-state index contributed by atoms with van der Waals surface area (Å²) >= 11 is 0. The van der Waals surface area contributed by atoms with E-state index in [0.29, 0.717) is 0 Å². The van der Waals surface area contributed by atoms with Gasteiger partial charge < -0.3 is 10.1 Å². The smallest absolute Gasteiger partial charge is 0.0971 e. The van der Waals surface area contributed by atoms with Crippen LogP contribution >= 0.6 is 0 Å². The number of para-hydroxylation sites is 1. The van der Waals surface area contributed by atoms with Crippen LogP contribution in [0.25, 0.3) is 5.69 Å². The maximum Gasteiger partial charge on any atom is 0.0971 e. The summed E-state index contributed by atoms with van der Waals surface area (Å²) in [5.41, 5.74) is 3.02. The number of rotatable bonds is 2. The van der Waals surface area contributed by atoms with Gasteiger partial charge >= 0.3 is 0 Å². The number of aromatic nitrogens is 3.